The van der Waals surface area contributed by atoms with E-state index in [0.717, 1.165) is 5.39 Å². The molecule has 2 aromatic carbocycles. The number of carbonyl (C=O) groups is 1. The Labute approximate surface area is 122 Å². The number of ketones is 1. The quantitative estimate of drug-likeness (QED) is 0.751. The fourth-order valence-corrected chi connectivity index (χ4v) is 2.70. The van der Waals surface area contributed by atoms with E-state index in [2.05, 4.69) is 15.9 Å². The lowest BCUT2D eigenvalue weighted by Gasteiger charge is -2.21. The minimum absolute atomic E-state index is 0.270. The van der Waals surface area contributed by atoms with E-state index in [1.54, 1.807) is 38.4 Å². The molecule has 0 saturated carbocycles. The summed E-state index contributed by atoms with van der Waals surface area (Å²) in [6, 6.07) is 8.23. The highest BCUT2D eigenvalue weighted by molar-refractivity contribution is 9.10. The molecule has 0 spiro atoms. The second-order valence-corrected chi connectivity index (χ2v) is 5.38. The maximum atomic E-state index is 12.7. The fraction of sp³-hybridized carbons (Fsp3) is 0.214. The lowest BCUT2D eigenvalue weighted by atomic mass is 10.00. The number of Topliss-reactive ketones (excluding diaryl/α,β-unsaturated/α-hetero) is 1. The van der Waals surface area contributed by atoms with Crippen LogP contribution in [0.25, 0.3) is 10.8 Å². The summed E-state index contributed by atoms with van der Waals surface area (Å²) in [6.07, 6.45) is -4.90. The van der Waals surface area contributed by atoms with Gasteiger partial charge in [-0.1, -0.05) is 40.2 Å². The average molecular weight is 346 g/mol. The van der Waals surface area contributed by atoms with Crippen LogP contribution in [0.2, 0.25) is 0 Å². The van der Waals surface area contributed by atoms with E-state index in [9.17, 15) is 18.0 Å². The minimum Gasteiger partial charge on any atom is -0.377 e. The monoisotopic (exact) mass is 345 g/mol. The Hall–Kier alpha value is -1.56. The van der Waals surface area contributed by atoms with Crippen molar-refractivity contribution < 1.29 is 18.0 Å². The molecule has 2 nitrogen and oxygen atoms in total. The lowest BCUT2D eigenvalue weighted by molar-refractivity contribution is -0.0884. The van der Waals surface area contributed by atoms with Crippen molar-refractivity contribution in [3.63, 3.8) is 0 Å². The van der Waals surface area contributed by atoms with Gasteiger partial charge in [-0.05, 0) is 11.5 Å². The molecule has 0 unspecified atom stereocenters. The summed E-state index contributed by atoms with van der Waals surface area (Å²) in [5.74, 6) is -1.84. The average Bonchev–Trinajstić information content (AvgIpc) is 2.36. The van der Waals surface area contributed by atoms with Gasteiger partial charge in [0.1, 0.15) is 0 Å². The van der Waals surface area contributed by atoms with Crippen molar-refractivity contribution in [2.75, 3.05) is 19.0 Å². The molecule has 6 heteroatoms. The summed E-state index contributed by atoms with van der Waals surface area (Å²) in [5.41, 5.74) is -0.0841. The molecule has 0 aliphatic rings. The first-order valence-corrected chi connectivity index (χ1v) is 6.53. The predicted octanol–water partition coefficient (Wildman–Crippen LogP) is 4.41. The summed E-state index contributed by atoms with van der Waals surface area (Å²) in [5, 5.41) is 1.36. The zero-order valence-corrected chi connectivity index (χ0v) is 12.3. The topological polar surface area (TPSA) is 20.3 Å². The molecule has 0 aliphatic heterocycles. The van der Waals surface area contributed by atoms with Gasteiger partial charge in [-0.25, -0.2) is 0 Å². The van der Waals surface area contributed by atoms with Gasteiger partial charge in [-0.2, -0.15) is 13.2 Å². The van der Waals surface area contributed by atoms with Gasteiger partial charge in [0.2, 0.25) is 0 Å². The largest absolute Gasteiger partial charge is 0.454 e. The first-order valence-electron chi connectivity index (χ1n) is 5.73. The van der Waals surface area contributed by atoms with Crippen LogP contribution >= 0.6 is 15.9 Å². The van der Waals surface area contributed by atoms with Gasteiger partial charge in [0, 0.05) is 24.0 Å². The number of carbonyl (C=O) groups excluding carboxylic acids is 1. The molecule has 106 valence electrons. The molecule has 0 bridgehead atoms. The smallest absolute Gasteiger partial charge is 0.377 e. The van der Waals surface area contributed by atoms with E-state index in [-0.39, 0.29) is 11.3 Å². The Morgan fingerprint density at radius 3 is 2.20 bits per heavy atom. The molecule has 0 amide bonds. The Balaban J connectivity index is 2.85. The van der Waals surface area contributed by atoms with Crippen molar-refractivity contribution in [3.8, 4) is 0 Å². The maximum absolute atomic E-state index is 12.7. The van der Waals surface area contributed by atoms with Crippen molar-refractivity contribution in [2.45, 2.75) is 6.18 Å². The van der Waals surface area contributed by atoms with Crippen molar-refractivity contribution in [3.05, 3.63) is 40.4 Å². The van der Waals surface area contributed by atoms with E-state index in [1.165, 1.54) is 11.0 Å². The number of benzene rings is 2. The number of hydrogen-bond donors (Lipinski definition) is 0. The highest BCUT2D eigenvalue weighted by Crippen LogP contribution is 2.37. The van der Waals surface area contributed by atoms with E-state index < -0.39 is 12.0 Å². The second kappa shape index (κ2) is 5.09. The Kier molecular flexibility index (Phi) is 3.77. The fourth-order valence-electron chi connectivity index (χ4n) is 2.12. The molecule has 0 N–H and O–H groups in total. The number of anilines is 1. The Morgan fingerprint density at radius 2 is 1.70 bits per heavy atom. The van der Waals surface area contributed by atoms with Crippen molar-refractivity contribution in [1.29, 1.82) is 0 Å². The molecule has 0 heterocycles. The molecule has 0 aliphatic carbocycles. The molecule has 0 aromatic heterocycles. The van der Waals surface area contributed by atoms with Crippen molar-refractivity contribution in [2.24, 2.45) is 0 Å². The standard InChI is InChI=1S/C14H11BrF3NO/c1-19(2)12-9-6-4-3-5-8(9)11(15)7-10(12)13(20)14(16,17)18/h3-7H,1-2H3. The number of alkyl halides is 3. The third-order valence-corrected chi connectivity index (χ3v) is 3.57. The van der Waals surface area contributed by atoms with Crippen LogP contribution in [-0.4, -0.2) is 26.1 Å². The Morgan fingerprint density at radius 1 is 1.15 bits per heavy atom. The first-order chi connectivity index (χ1) is 9.23. The molecule has 20 heavy (non-hydrogen) atoms. The summed E-state index contributed by atoms with van der Waals surface area (Å²) in [4.78, 5) is 13.1. The highest BCUT2D eigenvalue weighted by Gasteiger charge is 2.41. The third-order valence-electron chi connectivity index (χ3n) is 2.91. The zero-order chi connectivity index (χ0) is 15.1. The molecule has 2 rings (SSSR count). The van der Waals surface area contributed by atoms with Crippen LogP contribution < -0.4 is 4.90 Å². The normalized spacial score (nSPS) is 11.7. The number of hydrogen-bond acceptors (Lipinski definition) is 2. The number of halogens is 4. The van der Waals surface area contributed by atoms with Crippen LogP contribution in [-0.2, 0) is 0 Å². The van der Waals surface area contributed by atoms with E-state index in [1.807, 2.05) is 0 Å². The maximum Gasteiger partial charge on any atom is 0.454 e. The number of rotatable bonds is 2. The molecule has 0 atom stereocenters. The van der Waals surface area contributed by atoms with Crippen LogP contribution in [0.1, 0.15) is 10.4 Å². The summed E-state index contributed by atoms with van der Waals surface area (Å²) in [6.45, 7) is 0. The van der Waals surface area contributed by atoms with Gasteiger partial charge in [-0.15, -0.1) is 0 Å². The third kappa shape index (κ3) is 2.52. The second-order valence-electron chi connectivity index (χ2n) is 4.52. The molecule has 0 radical (unpaired) electrons. The summed E-state index contributed by atoms with van der Waals surface area (Å²) in [7, 11) is 3.23. The van der Waals surface area contributed by atoms with Crippen LogP contribution in [0.5, 0.6) is 0 Å². The van der Waals surface area contributed by atoms with Crippen LogP contribution in [0.3, 0.4) is 0 Å². The minimum atomic E-state index is -4.90. The van der Waals surface area contributed by atoms with Crippen LogP contribution in [0.4, 0.5) is 18.9 Å². The van der Waals surface area contributed by atoms with E-state index in [4.69, 9.17) is 0 Å². The van der Waals surface area contributed by atoms with Gasteiger partial charge in [0.25, 0.3) is 5.78 Å². The summed E-state index contributed by atoms with van der Waals surface area (Å²) >= 11 is 3.23. The first kappa shape index (κ1) is 14.8. The molecule has 2 aromatic rings. The van der Waals surface area contributed by atoms with E-state index in [0.29, 0.717) is 9.86 Å². The van der Waals surface area contributed by atoms with Crippen LogP contribution in [0, 0.1) is 0 Å². The highest BCUT2D eigenvalue weighted by atomic mass is 79.9. The zero-order valence-electron chi connectivity index (χ0n) is 10.8. The SMILES string of the molecule is CN(C)c1c(C(=O)C(F)(F)F)cc(Br)c2ccccc12. The van der Waals surface area contributed by atoms with E-state index >= 15 is 0 Å². The van der Waals surface area contributed by atoms with Crippen molar-refractivity contribution in [1.82, 2.24) is 0 Å². The van der Waals surface area contributed by atoms with Gasteiger partial charge < -0.3 is 4.90 Å². The predicted molar refractivity (Wildman–Crippen MR) is 76.4 cm³/mol. The Bertz CT molecular complexity index is 680. The van der Waals surface area contributed by atoms with Crippen LogP contribution in [0.15, 0.2) is 34.8 Å². The molecule has 0 saturated heterocycles. The summed E-state index contributed by atoms with van der Waals surface area (Å²) < 4.78 is 38.6. The van der Waals surface area contributed by atoms with Gasteiger partial charge >= 0.3 is 6.18 Å². The van der Waals surface area contributed by atoms with Crippen molar-refractivity contribution >= 4 is 38.2 Å². The van der Waals surface area contributed by atoms with Gasteiger partial charge in [-0.3, -0.25) is 4.79 Å². The molecular formula is C14H11BrF3NO. The van der Waals surface area contributed by atoms with Gasteiger partial charge in [0.05, 0.1) is 11.3 Å². The molecular weight excluding hydrogens is 335 g/mol. The lowest BCUT2D eigenvalue weighted by Crippen LogP contribution is -2.25. The number of nitrogens with zero attached hydrogens (tertiary/aromatic N) is 1. The number of fused-ring (bicyclic) bond motifs is 1. The van der Waals surface area contributed by atoms with Gasteiger partial charge in [0.15, 0.2) is 0 Å². The molecule has 0 fully saturated rings.